The lowest BCUT2D eigenvalue weighted by Gasteiger charge is -2.26. The van der Waals surface area contributed by atoms with Crippen LogP contribution >= 0.6 is 0 Å². The van der Waals surface area contributed by atoms with Crippen molar-refractivity contribution in [3.63, 3.8) is 0 Å². The van der Waals surface area contributed by atoms with Gasteiger partial charge in [0, 0.05) is 33.2 Å². The molecule has 162 valence electrons. The quantitative estimate of drug-likeness (QED) is 0.700. The lowest BCUT2D eigenvalue weighted by atomic mass is 10.1. The molecule has 0 saturated carbocycles. The standard InChI is InChI=1S/C22H29N3O5/c1-16-20(21(26)28-3)12-19(30-16)15-24(2)22(27)23-13-17-4-6-18(7-5-17)14-25-8-10-29-11-9-25/h4-7,12H,8-11,13-15H2,1-3H3,(H,23,27). The van der Waals surface area contributed by atoms with E-state index in [2.05, 4.69) is 22.3 Å². The average Bonchev–Trinajstić information content (AvgIpc) is 3.13. The number of hydrogen-bond acceptors (Lipinski definition) is 6. The maximum absolute atomic E-state index is 12.4. The number of carbonyl (C=O) groups is 2. The third-order valence-corrected chi connectivity index (χ3v) is 5.09. The Balaban J connectivity index is 1.47. The molecule has 0 aliphatic carbocycles. The smallest absolute Gasteiger partial charge is 0.341 e. The lowest BCUT2D eigenvalue weighted by Crippen LogP contribution is -2.36. The summed E-state index contributed by atoms with van der Waals surface area (Å²) in [6, 6.07) is 9.66. The van der Waals surface area contributed by atoms with Crippen LogP contribution in [0.4, 0.5) is 4.79 Å². The second-order valence-corrected chi connectivity index (χ2v) is 7.39. The van der Waals surface area contributed by atoms with Gasteiger partial charge >= 0.3 is 12.0 Å². The fourth-order valence-corrected chi connectivity index (χ4v) is 3.33. The van der Waals surface area contributed by atoms with E-state index in [9.17, 15) is 9.59 Å². The largest absolute Gasteiger partial charge is 0.465 e. The Kier molecular flexibility index (Phi) is 7.48. The predicted octanol–water partition coefficient (Wildman–Crippen LogP) is 2.55. The van der Waals surface area contributed by atoms with Crippen LogP contribution in [0.3, 0.4) is 0 Å². The van der Waals surface area contributed by atoms with Crippen LogP contribution in [-0.4, -0.2) is 62.3 Å². The van der Waals surface area contributed by atoms with Crippen molar-refractivity contribution in [2.75, 3.05) is 40.5 Å². The normalized spacial score (nSPS) is 14.4. The number of hydrogen-bond donors (Lipinski definition) is 1. The third kappa shape index (κ3) is 5.84. The van der Waals surface area contributed by atoms with Crippen LogP contribution in [0.1, 0.15) is 33.0 Å². The number of methoxy groups -OCH3 is 1. The Labute approximate surface area is 176 Å². The van der Waals surface area contributed by atoms with Crippen molar-refractivity contribution in [2.24, 2.45) is 0 Å². The van der Waals surface area contributed by atoms with Gasteiger partial charge in [-0.25, -0.2) is 9.59 Å². The number of furan rings is 1. The fourth-order valence-electron chi connectivity index (χ4n) is 3.33. The van der Waals surface area contributed by atoms with Gasteiger partial charge in [-0.3, -0.25) is 4.90 Å². The van der Waals surface area contributed by atoms with E-state index < -0.39 is 5.97 Å². The summed E-state index contributed by atoms with van der Waals surface area (Å²) in [5.74, 6) is 0.549. The summed E-state index contributed by atoms with van der Waals surface area (Å²) in [6.07, 6.45) is 0. The summed E-state index contributed by atoms with van der Waals surface area (Å²) < 4.78 is 15.7. The topological polar surface area (TPSA) is 84.2 Å². The number of carbonyl (C=O) groups excluding carboxylic acids is 2. The minimum atomic E-state index is -0.452. The molecular formula is C22H29N3O5. The Morgan fingerprint density at radius 2 is 1.83 bits per heavy atom. The molecule has 0 unspecified atom stereocenters. The van der Waals surface area contributed by atoms with Crippen molar-refractivity contribution in [3.05, 3.63) is 58.5 Å². The lowest BCUT2D eigenvalue weighted by molar-refractivity contribution is 0.0342. The summed E-state index contributed by atoms with van der Waals surface area (Å²) >= 11 is 0. The van der Waals surface area contributed by atoms with Crippen LogP contribution < -0.4 is 5.32 Å². The molecule has 2 heterocycles. The van der Waals surface area contributed by atoms with Crippen molar-refractivity contribution in [2.45, 2.75) is 26.6 Å². The first-order valence-corrected chi connectivity index (χ1v) is 10.0. The van der Waals surface area contributed by atoms with E-state index in [0.29, 0.717) is 23.6 Å². The van der Waals surface area contributed by atoms with Crippen LogP contribution in [0.5, 0.6) is 0 Å². The van der Waals surface area contributed by atoms with Crippen molar-refractivity contribution < 1.29 is 23.5 Å². The number of morpholine rings is 1. The molecule has 1 N–H and O–H groups in total. The number of esters is 1. The van der Waals surface area contributed by atoms with E-state index in [1.807, 2.05) is 12.1 Å². The SMILES string of the molecule is COC(=O)c1cc(CN(C)C(=O)NCc2ccc(CN3CCOCC3)cc2)oc1C. The molecule has 1 saturated heterocycles. The molecule has 0 radical (unpaired) electrons. The summed E-state index contributed by atoms with van der Waals surface area (Å²) in [4.78, 5) is 28.0. The van der Waals surface area contributed by atoms with E-state index in [1.54, 1.807) is 20.0 Å². The van der Waals surface area contributed by atoms with Gasteiger partial charge in [-0.2, -0.15) is 0 Å². The molecule has 1 aromatic carbocycles. The molecule has 8 nitrogen and oxygen atoms in total. The van der Waals surface area contributed by atoms with Crippen molar-refractivity contribution >= 4 is 12.0 Å². The highest BCUT2D eigenvalue weighted by atomic mass is 16.5. The summed E-state index contributed by atoms with van der Waals surface area (Å²) in [5.41, 5.74) is 2.65. The number of urea groups is 1. The number of nitrogens with zero attached hydrogens (tertiary/aromatic N) is 2. The molecule has 0 bridgehead atoms. The summed E-state index contributed by atoms with van der Waals surface area (Å²) in [5, 5.41) is 2.90. The minimum Gasteiger partial charge on any atom is -0.465 e. The number of amides is 2. The number of ether oxygens (including phenoxy) is 2. The zero-order valence-corrected chi connectivity index (χ0v) is 17.8. The van der Waals surface area contributed by atoms with Crippen molar-refractivity contribution in [1.29, 1.82) is 0 Å². The Morgan fingerprint density at radius 3 is 2.50 bits per heavy atom. The first kappa shape index (κ1) is 21.9. The number of aryl methyl sites for hydroxylation is 1. The van der Waals surface area contributed by atoms with Crippen molar-refractivity contribution in [1.82, 2.24) is 15.1 Å². The van der Waals surface area contributed by atoms with Crippen LogP contribution in [0.2, 0.25) is 0 Å². The van der Waals surface area contributed by atoms with E-state index >= 15 is 0 Å². The van der Waals surface area contributed by atoms with Gasteiger partial charge in [-0.15, -0.1) is 0 Å². The Morgan fingerprint density at radius 1 is 1.17 bits per heavy atom. The van der Waals surface area contributed by atoms with Crippen LogP contribution in [0.15, 0.2) is 34.7 Å². The molecule has 1 fully saturated rings. The Bertz CT molecular complexity index is 856. The zero-order chi connectivity index (χ0) is 21.5. The Hall–Kier alpha value is -2.84. The average molecular weight is 415 g/mol. The highest BCUT2D eigenvalue weighted by Gasteiger charge is 2.18. The van der Waals surface area contributed by atoms with Gasteiger partial charge in [0.15, 0.2) is 0 Å². The maximum atomic E-state index is 12.4. The highest BCUT2D eigenvalue weighted by Crippen LogP contribution is 2.17. The zero-order valence-electron chi connectivity index (χ0n) is 17.8. The molecule has 2 amide bonds. The van der Waals surface area contributed by atoms with E-state index in [0.717, 1.165) is 38.4 Å². The second kappa shape index (κ2) is 10.3. The number of nitrogens with one attached hydrogen (secondary N) is 1. The molecule has 1 aromatic heterocycles. The maximum Gasteiger partial charge on any atom is 0.341 e. The van der Waals surface area contributed by atoms with E-state index in [4.69, 9.17) is 13.9 Å². The molecule has 1 aliphatic rings. The molecule has 8 heteroatoms. The molecule has 0 spiro atoms. The van der Waals surface area contributed by atoms with Crippen LogP contribution in [0, 0.1) is 6.92 Å². The fraction of sp³-hybridized carbons (Fsp3) is 0.455. The van der Waals surface area contributed by atoms with Gasteiger partial charge in [0.2, 0.25) is 0 Å². The number of rotatable bonds is 7. The predicted molar refractivity (Wildman–Crippen MR) is 111 cm³/mol. The van der Waals surface area contributed by atoms with Gasteiger partial charge in [0.05, 0.1) is 26.9 Å². The van der Waals surface area contributed by atoms with E-state index in [-0.39, 0.29) is 12.6 Å². The van der Waals surface area contributed by atoms with Gasteiger partial charge in [0.1, 0.15) is 17.1 Å². The van der Waals surface area contributed by atoms with Gasteiger partial charge in [-0.05, 0) is 24.1 Å². The molecular weight excluding hydrogens is 386 g/mol. The first-order valence-electron chi connectivity index (χ1n) is 10.0. The second-order valence-electron chi connectivity index (χ2n) is 7.39. The van der Waals surface area contributed by atoms with E-state index in [1.165, 1.54) is 17.6 Å². The molecule has 2 aromatic rings. The van der Waals surface area contributed by atoms with Gasteiger partial charge in [-0.1, -0.05) is 24.3 Å². The first-order chi connectivity index (χ1) is 14.5. The van der Waals surface area contributed by atoms with Crippen molar-refractivity contribution in [3.8, 4) is 0 Å². The molecule has 30 heavy (non-hydrogen) atoms. The number of benzene rings is 1. The summed E-state index contributed by atoms with van der Waals surface area (Å²) in [7, 11) is 3.00. The van der Waals surface area contributed by atoms with Gasteiger partial charge < -0.3 is 24.1 Å². The molecule has 1 aliphatic heterocycles. The molecule has 0 atom stereocenters. The minimum absolute atomic E-state index is 0.221. The van der Waals surface area contributed by atoms with Crippen LogP contribution in [-0.2, 0) is 29.1 Å². The summed E-state index contributed by atoms with van der Waals surface area (Å²) in [6.45, 7) is 6.79. The molecule has 3 rings (SSSR count). The third-order valence-electron chi connectivity index (χ3n) is 5.09. The van der Waals surface area contributed by atoms with Gasteiger partial charge in [0.25, 0.3) is 0 Å². The van der Waals surface area contributed by atoms with Crippen LogP contribution in [0.25, 0.3) is 0 Å². The highest BCUT2D eigenvalue weighted by molar-refractivity contribution is 5.90. The monoisotopic (exact) mass is 415 g/mol.